The SMILES string of the molecule is COC(=O)c1cccc(C2(N(C)C(=O)c3ncn4c3CN(C(=O)OC(C)(C)C)CC4)CC2)c1. The molecule has 1 aliphatic heterocycles. The number of hydrogen-bond donors (Lipinski definition) is 0. The molecule has 1 aromatic heterocycles. The van der Waals surface area contributed by atoms with Crippen molar-refractivity contribution in [3.63, 3.8) is 0 Å². The molecule has 0 bridgehead atoms. The summed E-state index contributed by atoms with van der Waals surface area (Å²) in [5.41, 5.74) is 1.30. The molecule has 1 fully saturated rings. The Kier molecular flexibility index (Phi) is 5.67. The molecule has 0 saturated heterocycles. The van der Waals surface area contributed by atoms with Crippen molar-refractivity contribution in [2.45, 2.75) is 57.8 Å². The lowest BCUT2D eigenvalue weighted by Crippen LogP contribution is -2.42. The maximum atomic E-state index is 13.5. The fourth-order valence-electron chi connectivity index (χ4n) is 4.26. The Morgan fingerprint density at radius 1 is 1.15 bits per heavy atom. The number of hydrogen-bond acceptors (Lipinski definition) is 6. The molecule has 176 valence electrons. The maximum absolute atomic E-state index is 13.5. The second kappa shape index (κ2) is 8.20. The van der Waals surface area contributed by atoms with Crippen molar-refractivity contribution < 1.29 is 23.9 Å². The number of methoxy groups -OCH3 is 1. The van der Waals surface area contributed by atoms with Crippen LogP contribution in [-0.4, -0.2) is 63.6 Å². The molecule has 2 amide bonds. The fraction of sp³-hybridized carbons (Fsp3) is 0.500. The number of nitrogens with zero attached hydrogens (tertiary/aromatic N) is 4. The maximum Gasteiger partial charge on any atom is 0.410 e. The molecule has 2 aliphatic rings. The Balaban J connectivity index is 1.56. The van der Waals surface area contributed by atoms with Crippen LogP contribution in [0.3, 0.4) is 0 Å². The predicted molar refractivity (Wildman–Crippen MR) is 120 cm³/mol. The molecule has 2 heterocycles. The molecular weight excluding hydrogens is 424 g/mol. The first-order valence-electron chi connectivity index (χ1n) is 11.0. The molecule has 4 rings (SSSR count). The number of rotatable bonds is 4. The van der Waals surface area contributed by atoms with Gasteiger partial charge in [-0.1, -0.05) is 12.1 Å². The molecule has 33 heavy (non-hydrogen) atoms. The molecule has 0 unspecified atom stereocenters. The predicted octanol–water partition coefficient (Wildman–Crippen LogP) is 3.18. The van der Waals surface area contributed by atoms with Gasteiger partial charge in [0.1, 0.15) is 5.60 Å². The zero-order valence-electron chi connectivity index (χ0n) is 19.8. The summed E-state index contributed by atoms with van der Waals surface area (Å²) in [5, 5.41) is 0. The molecule has 9 nitrogen and oxygen atoms in total. The highest BCUT2D eigenvalue weighted by Gasteiger charge is 2.51. The topological polar surface area (TPSA) is 94.0 Å². The number of aromatic nitrogens is 2. The van der Waals surface area contributed by atoms with E-state index in [-0.39, 0.29) is 12.5 Å². The van der Waals surface area contributed by atoms with Crippen LogP contribution in [0.15, 0.2) is 30.6 Å². The zero-order valence-corrected chi connectivity index (χ0v) is 19.8. The molecule has 1 aliphatic carbocycles. The Bertz CT molecular complexity index is 1100. The molecule has 0 atom stereocenters. The van der Waals surface area contributed by atoms with E-state index in [1.807, 2.05) is 31.4 Å². The number of carbonyl (C=O) groups excluding carboxylic acids is 3. The molecule has 1 saturated carbocycles. The molecule has 1 aromatic carbocycles. The van der Waals surface area contributed by atoms with E-state index in [1.165, 1.54) is 7.11 Å². The van der Waals surface area contributed by atoms with Crippen molar-refractivity contribution in [3.05, 3.63) is 53.1 Å². The van der Waals surface area contributed by atoms with E-state index in [9.17, 15) is 14.4 Å². The van der Waals surface area contributed by atoms with Gasteiger partial charge in [-0.05, 0) is 51.3 Å². The summed E-state index contributed by atoms with van der Waals surface area (Å²) in [5.74, 6) is -0.622. The number of fused-ring (bicyclic) bond motifs is 1. The summed E-state index contributed by atoms with van der Waals surface area (Å²) in [6, 6.07) is 7.22. The quantitative estimate of drug-likeness (QED) is 0.659. The van der Waals surface area contributed by atoms with Crippen LogP contribution in [0.1, 0.15) is 65.7 Å². The Hall–Kier alpha value is -3.36. The van der Waals surface area contributed by atoms with Gasteiger partial charge in [0.15, 0.2) is 5.69 Å². The average Bonchev–Trinajstić information content (AvgIpc) is 3.49. The van der Waals surface area contributed by atoms with Gasteiger partial charge in [-0.25, -0.2) is 14.6 Å². The van der Waals surface area contributed by atoms with Crippen LogP contribution in [0.2, 0.25) is 0 Å². The summed E-state index contributed by atoms with van der Waals surface area (Å²) in [4.78, 5) is 45.8. The Morgan fingerprint density at radius 3 is 2.52 bits per heavy atom. The van der Waals surface area contributed by atoms with Crippen molar-refractivity contribution in [1.82, 2.24) is 19.4 Å². The summed E-state index contributed by atoms with van der Waals surface area (Å²) >= 11 is 0. The second-order valence-electron chi connectivity index (χ2n) is 9.60. The second-order valence-corrected chi connectivity index (χ2v) is 9.60. The third-order valence-corrected chi connectivity index (χ3v) is 6.24. The van der Waals surface area contributed by atoms with Gasteiger partial charge >= 0.3 is 12.1 Å². The highest BCUT2D eigenvalue weighted by molar-refractivity contribution is 5.94. The first-order valence-corrected chi connectivity index (χ1v) is 11.0. The van der Waals surface area contributed by atoms with Crippen LogP contribution < -0.4 is 0 Å². The van der Waals surface area contributed by atoms with E-state index >= 15 is 0 Å². The van der Waals surface area contributed by atoms with Gasteiger partial charge in [0.2, 0.25) is 0 Å². The largest absolute Gasteiger partial charge is 0.465 e. The van der Waals surface area contributed by atoms with Gasteiger partial charge in [-0.3, -0.25) is 4.79 Å². The van der Waals surface area contributed by atoms with Crippen LogP contribution >= 0.6 is 0 Å². The van der Waals surface area contributed by atoms with Crippen molar-refractivity contribution in [3.8, 4) is 0 Å². The third kappa shape index (κ3) is 4.31. The number of ether oxygens (including phenoxy) is 2. The number of carbonyl (C=O) groups is 3. The van der Waals surface area contributed by atoms with Crippen LogP contribution in [0.4, 0.5) is 4.79 Å². The molecule has 0 spiro atoms. The number of amides is 2. The van der Waals surface area contributed by atoms with E-state index in [0.29, 0.717) is 30.0 Å². The molecule has 9 heteroatoms. The first kappa shape index (κ1) is 22.8. The summed E-state index contributed by atoms with van der Waals surface area (Å²) in [7, 11) is 3.11. The lowest BCUT2D eigenvalue weighted by atomic mass is 10.00. The standard InChI is InChI=1S/C24H30N4O5/c1-23(2,3)33-22(31)27-11-12-28-15-25-19(18(28)14-27)20(29)26(4)24(9-10-24)17-8-6-7-16(13-17)21(30)32-5/h6-8,13,15H,9-12,14H2,1-5H3. The average molecular weight is 455 g/mol. The highest BCUT2D eigenvalue weighted by Crippen LogP contribution is 2.51. The van der Waals surface area contributed by atoms with Crippen LogP contribution in [-0.2, 0) is 28.1 Å². The van der Waals surface area contributed by atoms with E-state index in [0.717, 1.165) is 18.4 Å². The number of esters is 1. The van der Waals surface area contributed by atoms with Gasteiger partial charge in [0, 0.05) is 20.1 Å². The molecule has 0 radical (unpaired) electrons. The van der Waals surface area contributed by atoms with Gasteiger partial charge < -0.3 is 23.8 Å². The van der Waals surface area contributed by atoms with Crippen LogP contribution in [0.5, 0.6) is 0 Å². The number of benzene rings is 1. The normalized spacial score (nSPS) is 16.6. The van der Waals surface area contributed by atoms with Gasteiger partial charge in [0.05, 0.1) is 36.8 Å². The van der Waals surface area contributed by atoms with Gasteiger partial charge in [0.25, 0.3) is 5.91 Å². The lowest BCUT2D eigenvalue weighted by Gasteiger charge is -2.32. The minimum atomic E-state index is -0.593. The Morgan fingerprint density at radius 2 is 1.88 bits per heavy atom. The van der Waals surface area contributed by atoms with Gasteiger partial charge in [-0.15, -0.1) is 0 Å². The number of imidazole rings is 1. The lowest BCUT2D eigenvalue weighted by molar-refractivity contribution is 0.0196. The van der Waals surface area contributed by atoms with Crippen LogP contribution in [0, 0.1) is 0 Å². The van der Waals surface area contributed by atoms with Crippen molar-refractivity contribution in [1.29, 1.82) is 0 Å². The van der Waals surface area contributed by atoms with Crippen molar-refractivity contribution >= 4 is 18.0 Å². The van der Waals surface area contributed by atoms with Crippen molar-refractivity contribution in [2.75, 3.05) is 20.7 Å². The smallest absolute Gasteiger partial charge is 0.410 e. The first-order chi connectivity index (χ1) is 15.6. The minimum absolute atomic E-state index is 0.212. The molecule has 0 N–H and O–H groups in total. The van der Waals surface area contributed by atoms with E-state index in [4.69, 9.17) is 9.47 Å². The summed E-state index contributed by atoms with van der Waals surface area (Å²) < 4.78 is 12.3. The summed E-state index contributed by atoms with van der Waals surface area (Å²) in [6.45, 7) is 6.78. The third-order valence-electron chi connectivity index (χ3n) is 6.24. The van der Waals surface area contributed by atoms with E-state index in [2.05, 4.69) is 4.98 Å². The monoisotopic (exact) mass is 454 g/mol. The highest BCUT2D eigenvalue weighted by atomic mass is 16.6. The minimum Gasteiger partial charge on any atom is -0.465 e. The molecule has 2 aromatic rings. The van der Waals surface area contributed by atoms with Gasteiger partial charge in [-0.2, -0.15) is 0 Å². The van der Waals surface area contributed by atoms with E-state index < -0.39 is 23.2 Å². The van der Waals surface area contributed by atoms with E-state index in [1.54, 1.807) is 41.4 Å². The molecular formula is C24H30N4O5. The van der Waals surface area contributed by atoms with Crippen molar-refractivity contribution in [2.24, 2.45) is 0 Å². The Labute approximate surface area is 193 Å². The zero-order chi connectivity index (χ0) is 24.0. The summed E-state index contributed by atoms with van der Waals surface area (Å²) in [6.07, 6.45) is 2.83. The fourth-order valence-corrected chi connectivity index (χ4v) is 4.26. The van der Waals surface area contributed by atoms with Crippen LogP contribution in [0.25, 0.3) is 0 Å².